The van der Waals surface area contributed by atoms with Crippen molar-refractivity contribution in [3.63, 3.8) is 0 Å². The fourth-order valence-electron chi connectivity index (χ4n) is 4.19. The van der Waals surface area contributed by atoms with E-state index in [0.29, 0.717) is 29.2 Å². The zero-order chi connectivity index (χ0) is 28.3. The van der Waals surface area contributed by atoms with Gasteiger partial charge in [-0.2, -0.15) is 0 Å². The van der Waals surface area contributed by atoms with Crippen LogP contribution < -0.4 is 9.64 Å². The predicted octanol–water partition coefficient (Wildman–Crippen LogP) is 5.88. The molecule has 1 fully saturated rings. The highest BCUT2D eigenvalue weighted by molar-refractivity contribution is 7.17. The van der Waals surface area contributed by atoms with Crippen LogP contribution in [0, 0.1) is 19.7 Å². The molecule has 0 spiro atoms. The summed E-state index contributed by atoms with van der Waals surface area (Å²) in [6, 6.07) is 9.82. The summed E-state index contributed by atoms with van der Waals surface area (Å²) in [6.45, 7) is 7.63. The molecule has 4 rings (SSSR count). The number of ketones is 1. The van der Waals surface area contributed by atoms with Crippen molar-refractivity contribution in [1.82, 2.24) is 4.98 Å². The molecule has 1 aliphatic rings. The van der Waals surface area contributed by atoms with Crippen LogP contribution >= 0.6 is 11.3 Å². The zero-order valence-corrected chi connectivity index (χ0v) is 22.9. The summed E-state index contributed by atoms with van der Waals surface area (Å²) >= 11 is 0.918. The highest BCUT2D eigenvalue weighted by Crippen LogP contribution is 2.44. The molecule has 204 valence electrons. The second kappa shape index (κ2) is 11.8. The standard InChI is InChI=1S/C29H29FN2O6S/c1-5-7-14-38-20-12-10-18(11-13-20)23-22(24(33)19-9-8-16(3)21(30)15-19)25(34)27(35)32(23)29-31-17(4)26(39-29)28(36)37-6-2/h8-13,15,23,33H,5-7,14H2,1-4H3/t23-/m1/s1. The number of nitrogens with zero attached hydrogens (tertiary/aromatic N) is 2. The molecule has 0 unspecified atom stereocenters. The fourth-order valence-corrected chi connectivity index (χ4v) is 5.18. The highest BCUT2D eigenvalue weighted by Gasteiger charge is 2.48. The fraction of sp³-hybridized carbons (Fsp3) is 0.310. The molecular formula is C29H29FN2O6S. The van der Waals surface area contributed by atoms with Crippen molar-refractivity contribution in [3.05, 3.63) is 81.1 Å². The number of aliphatic hydroxyl groups excluding tert-OH is 1. The van der Waals surface area contributed by atoms with Crippen LogP contribution in [0.5, 0.6) is 5.75 Å². The molecule has 1 atom stereocenters. The molecule has 1 aliphatic heterocycles. The van der Waals surface area contributed by atoms with E-state index in [1.165, 1.54) is 12.1 Å². The minimum absolute atomic E-state index is 0.0585. The van der Waals surface area contributed by atoms with Gasteiger partial charge in [0.15, 0.2) is 5.13 Å². The molecule has 1 amide bonds. The van der Waals surface area contributed by atoms with Gasteiger partial charge in [0.25, 0.3) is 5.78 Å². The van der Waals surface area contributed by atoms with E-state index < -0.39 is 35.3 Å². The van der Waals surface area contributed by atoms with Gasteiger partial charge in [-0.1, -0.05) is 48.9 Å². The van der Waals surface area contributed by atoms with Crippen LogP contribution in [0.2, 0.25) is 0 Å². The number of esters is 1. The van der Waals surface area contributed by atoms with Crippen molar-refractivity contribution in [1.29, 1.82) is 0 Å². The summed E-state index contributed by atoms with van der Waals surface area (Å²) in [6.07, 6.45) is 1.87. The maximum Gasteiger partial charge on any atom is 0.350 e. The number of rotatable bonds is 9. The molecule has 2 heterocycles. The van der Waals surface area contributed by atoms with E-state index in [9.17, 15) is 23.9 Å². The number of anilines is 1. The molecule has 1 saturated heterocycles. The van der Waals surface area contributed by atoms with E-state index in [0.717, 1.165) is 35.1 Å². The minimum atomic E-state index is -1.08. The number of carbonyl (C=O) groups excluding carboxylic acids is 3. The van der Waals surface area contributed by atoms with Gasteiger partial charge in [-0.3, -0.25) is 14.5 Å². The quantitative estimate of drug-likeness (QED) is 0.116. The molecule has 3 aromatic rings. The lowest BCUT2D eigenvalue weighted by molar-refractivity contribution is -0.132. The highest BCUT2D eigenvalue weighted by atomic mass is 32.1. The lowest BCUT2D eigenvalue weighted by atomic mass is 9.95. The SMILES string of the molecule is CCCCOc1ccc([C@@H]2C(=C(O)c3ccc(C)c(F)c3)C(=O)C(=O)N2c2nc(C)c(C(=O)OCC)s2)cc1. The van der Waals surface area contributed by atoms with Crippen molar-refractivity contribution in [3.8, 4) is 5.75 Å². The van der Waals surface area contributed by atoms with Crippen molar-refractivity contribution in [2.75, 3.05) is 18.1 Å². The lowest BCUT2D eigenvalue weighted by Gasteiger charge is -2.23. The normalized spacial score (nSPS) is 16.5. The van der Waals surface area contributed by atoms with Crippen LogP contribution in [-0.2, 0) is 14.3 Å². The van der Waals surface area contributed by atoms with E-state index in [4.69, 9.17) is 9.47 Å². The number of hydrogen-bond acceptors (Lipinski definition) is 8. The molecule has 0 bridgehead atoms. The van der Waals surface area contributed by atoms with Gasteiger partial charge in [-0.15, -0.1) is 0 Å². The lowest BCUT2D eigenvalue weighted by Crippen LogP contribution is -2.29. The minimum Gasteiger partial charge on any atom is -0.507 e. The summed E-state index contributed by atoms with van der Waals surface area (Å²) in [5.74, 6) is -2.93. The summed E-state index contributed by atoms with van der Waals surface area (Å²) < 4.78 is 25.2. The van der Waals surface area contributed by atoms with Crippen LogP contribution in [0.15, 0.2) is 48.0 Å². The van der Waals surface area contributed by atoms with Gasteiger partial charge in [-0.05, 0) is 56.5 Å². The number of ether oxygens (including phenoxy) is 2. The van der Waals surface area contributed by atoms with Crippen LogP contribution in [0.25, 0.3) is 5.76 Å². The van der Waals surface area contributed by atoms with Crippen LogP contribution in [0.3, 0.4) is 0 Å². The summed E-state index contributed by atoms with van der Waals surface area (Å²) in [5.41, 5.74) is 1.05. The molecule has 8 nitrogen and oxygen atoms in total. The Bertz CT molecular complexity index is 1450. The van der Waals surface area contributed by atoms with E-state index in [1.54, 1.807) is 45.0 Å². The Morgan fingerprint density at radius 3 is 2.49 bits per heavy atom. The van der Waals surface area contributed by atoms with E-state index >= 15 is 0 Å². The first-order chi connectivity index (χ1) is 18.7. The maximum absolute atomic E-state index is 14.4. The Kier molecular flexibility index (Phi) is 8.44. The molecule has 0 aliphatic carbocycles. The number of halogens is 1. The van der Waals surface area contributed by atoms with Crippen molar-refractivity contribution in [2.24, 2.45) is 0 Å². The molecule has 0 saturated carbocycles. The van der Waals surface area contributed by atoms with Gasteiger partial charge in [0.05, 0.1) is 30.5 Å². The Labute approximate surface area is 229 Å². The zero-order valence-electron chi connectivity index (χ0n) is 22.1. The van der Waals surface area contributed by atoms with Crippen molar-refractivity contribution < 1.29 is 33.4 Å². The van der Waals surface area contributed by atoms with Crippen LogP contribution in [-0.4, -0.2) is 41.0 Å². The number of benzene rings is 2. The third-order valence-corrected chi connectivity index (χ3v) is 7.44. The first kappa shape index (κ1) is 28.0. The number of carbonyl (C=O) groups is 3. The number of aromatic nitrogens is 1. The summed E-state index contributed by atoms with van der Waals surface area (Å²) in [7, 11) is 0. The molecule has 0 radical (unpaired) electrons. The monoisotopic (exact) mass is 552 g/mol. The Morgan fingerprint density at radius 2 is 1.85 bits per heavy atom. The van der Waals surface area contributed by atoms with Crippen molar-refractivity contribution >= 4 is 39.9 Å². The van der Waals surface area contributed by atoms with Gasteiger partial charge in [-0.25, -0.2) is 14.2 Å². The Morgan fingerprint density at radius 1 is 1.13 bits per heavy atom. The molecule has 10 heteroatoms. The number of amides is 1. The predicted molar refractivity (Wildman–Crippen MR) is 146 cm³/mol. The second-order valence-corrected chi connectivity index (χ2v) is 10.0. The van der Waals surface area contributed by atoms with Crippen LogP contribution in [0.1, 0.15) is 64.8 Å². The van der Waals surface area contributed by atoms with E-state index in [-0.39, 0.29) is 27.8 Å². The second-order valence-electron chi connectivity index (χ2n) is 9.04. The van der Waals surface area contributed by atoms with Gasteiger partial charge in [0.1, 0.15) is 22.2 Å². The number of aliphatic hydroxyl groups is 1. The average Bonchev–Trinajstić information content (AvgIpc) is 3.42. The maximum atomic E-state index is 14.4. The van der Waals surface area contributed by atoms with Gasteiger partial charge in [0.2, 0.25) is 0 Å². The number of unbranched alkanes of at least 4 members (excludes halogenated alkanes) is 1. The smallest absolute Gasteiger partial charge is 0.350 e. The summed E-state index contributed by atoms with van der Waals surface area (Å²) in [5, 5.41) is 11.3. The van der Waals surface area contributed by atoms with Gasteiger partial charge < -0.3 is 14.6 Å². The molecule has 1 aromatic heterocycles. The topological polar surface area (TPSA) is 106 Å². The van der Waals surface area contributed by atoms with E-state index in [2.05, 4.69) is 11.9 Å². The Hall–Kier alpha value is -4.05. The largest absolute Gasteiger partial charge is 0.507 e. The third-order valence-electron chi connectivity index (χ3n) is 6.30. The first-order valence-electron chi connectivity index (χ1n) is 12.6. The molecule has 39 heavy (non-hydrogen) atoms. The molecule has 2 aromatic carbocycles. The number of thiazole rings is 1. The van der Waals surface area contributed by atoms with Crippen LogP contribution in [0.4, 0.5) is 9.52 Å². The van der Waals surface area contributed by atoms with Gasteiger partial charge in [0, 0.05) is 5.56 Å². The number of aryl methyl sites for hydroxylation is 2. The van der Waals surface area contributed by atoms with Gasteiger partial charge >= 0.3 is 11.9 Å². The first-order valence-corrected chi connectivity index (χ1v) is 13.4. The molecular weight excluding hydrogens is 523 g/mol. The molecule has 1 N–H and O–H groups in total. The van der Waals surface area contributed by atoms with Crippen molar-refractivity contribution in [2.45, 2.75) is 46.6 Å². The number of Topliss-reactive ketones (excluding diaryl/α,β-unsaturated/α-hetero) is 1. The van der Waals surface area contributed by atoms with E-state index in [1.807, 2.05) is 0 Å². The summed E-state index contributed by atoms with van der Waals surface area (Å²) in [4.78, 5) is 45.0. The third kappa shape index (κ3) is 5.56. The number of hydrogen-bond donors (Lipinski definition) is 1. The Balaban J connectivity index is 1.85. The average molecular weight is 553 g/mol.